The molecule has 9 nitrogen and oxygen atoms in total. The minimum atomic E-state index is -1.22. The largest absolute Gasteiger partial charge is 0.394 e. The van der Waals surface area contributed by atoms with E-state index in [4.69, 9.17) is 9.84 Å². The molecular formula is C8H12N4O5. The molecule has 0 aliphatic carbocycles. The van der Waals surface area contributed by atoms with Crippen LogP contribution in [0.2, 0.25) is 0 Å². The molecule has 94 valence electrons. The Morgan fingerprint density at radius 2 is 2.29 bits per heavy atom. The van der Waals surface area contributed by atoms with Crippen LogP contribution in [0.4, 0.5) is 5.95 Å². The van der Waals surface area contributed by atoms with Gasteiger partial charge in [0.05, 0.1) is 6.61 Å². The van der Waals surface area contributed by atoms with Gasteiger partial charge < -0.3 is 20.1 Å². The monoisotopic (exact) mass is 244 g/mol. The highest BCUT2D eigenvalue weighted by Gasteiger charge is 2.43. The molecule has 0 unspecified atom stereocenters. The summed E-state index contributed by atoms with van der Waals surface area (Å²) in [6, 6.07) is 0. The van der Waals surface area contributed by atoms with Crippen molar-refractivity contribution in [2.24, 2.45) is 0 Å². The number of ether oxygens (including phenoxy) is 1. The van der Waals surface area contributed by atoms with Gasteiger partial charge in [-0.2, -0.15) is 0 Å². The molecule has 2 rings (SSSR count). The zero-order chi connectivity index (χ0) is 12.4. The highest BCUT2D eigenvalue weighted by molar-refractivity contribution is 5.66. The van der Waals surface area contributed by atoms with E-state index < -0.39 is 31.1 Å². The Morgan fingerprint density at radius 1 is 1.53 bits per heavy atom. The lowest BCUT2D eigenvalue weighted by atomic mass is 10.1. The Hall–Kier alpha value is -1.55. The van der Waals surface area contributed by atoms with Crippen molar-refractivity contribution < 1.29 is 24.9 Å². The Kier molecular flexibility index (Phi) is 3.33. The van der Waals surface area contributed by atoms with E-state index in [1.165, 1.54) is 6.33 Å². The third-order valence-corrected chi connectivity index (χ3v) is 2.47. The fourth-order valence-corrected chi connectivity index (χ4v) is 1.61. The highest BCUT2D eigenvalue weighted by atomic mass is 16.6. The number of anilines is 1. The summed E-state index contributed by atoms with van der Waals surface area (Å²) in [5, 5.41) is 34.2. The van der Waals surface area contributed by atoms with E-state index in [9.17, 15) is 15.0 Å². The number of hydrogen-bond donors (Lipinski definition) is 4. The summed E-state index contributed by atoms with van der Waals surface area (Å²) in [6.45, 7) is -0.414. The summed E-state index contributed by atoms with van der Waals surface area (Å²) >= 11 is 0. The molecule has 0 radical (unpaired) electrons. The van der Waals surface area contributed by atoms with Crippen LogP contribution in [0.5, 0.6) is 0 Å². The second-order valence-electron chi connectivity index (χ2n) is 3.54. The number of rotatable bonds is 4. The van der Waals surface area contributed by atoms with Gasteiger partial charge in [-0.3, -0.25) is 10.1 Å². The summed E-state index contributed by atoms with van der Waals surface area (Å²) in [4.78, 5) is 13.9. The summed E-state index contributed by atoms with van der Waals surface area (Å²) in [6.07, 6.45) is -2.59. The van der Waals surface area contributed by atoms with Crippen LogP contribution in [0, 0.1) is 0 Å². The summed E-state index contributed by atoms with van der Waals surface area (Å²) in [7, 11) is 0. The molecule has 1 aliphatic rings. The second-order valence-corrected chi connectivity index (χ2v) is 3.54. The molecule has 1 aliphatic heterocycles. The van der Waals surface area contributed by atoms with E-state index >= 15 is 0 Å². The first kappa shape index (κ1) is 11.9. The van der Waals surface area contributed by atoms with Crippen LogP contribution in [-0.4, -0.2) is 61.4 Å². The number of amides is 1. The van der Waals surface area contributed by atoms with Crippen LogP contribution >= 0.6 is 0 Å². The standard InChI is InChI=1S/C8H12N4O5/c13-1-4-5(15)6(16)7(17-4)12-2-9-8(11-12)10-3-14/h2-7,13,15-16H,1H2,(H,10,11,14)/t4-,5-,6-,7+/m0/s1. The molecule has 4 N–H and O–H groups in total. The quantitative estimate of drug-likeness (QED) is 0.429. The van der Waals surface area contributed by atoms with Crippen molar-refractivity contribution in [3.05, 3.63) is 6.33 Å². The lowest BCUT2D eigenvalue weighted by molar-refractivity contribution is -0.105. The number of carbonyl (C=O) groups is 1. The normalized spacial score (nSPS) is 32.6. The van der Waals surface area contributed by atoms with Crippen LogP contribution in [0.25, 0.3) is 0 Å². The van der Waals surface area contributed by atoms with Gasteiger partial charge in [0.25, 0.3) is 0 Å². The van der Waals surface area contributed by atoms with E-state index in [2.05, 4.69) is 15.4 Å². The average Bonchev–Trinajstić information content (AvgIpc) is 2.87. The summed E-state index contributed by atoms with van der Waals surface area (Å²) < 4.78 is 6.37. The van der Waals surface area contributed by atoms with Crippen molar-refractivity contribution in [2.45, 2.75) is 24.5 Å². The van der Waals surface area contributed by atoms with Crippen molar-refractivity contribution in [3.63, 3.8) is 0 Å². The zero-order valence-corrected chi connectivity index (χ0v) is 8.67. The predicted octanol–water partition coefficient (Wildman–Crippen LogP) is -2.54. The third-order valence-electron chi connectivity index (χ3n) is 2.47. The molecular weight excluding hydrogens is 232 g/mol. The lowest BCUT2D eigenvalue weighted by Crippen LogP contribution is -2.33. The first-order valence-corrected chi connectivity index (χ1v) is 4.91. The fraction of sp³-hybridized carbons (Fsp3) is 0.625. The first-order valence-electron chi connectivity index (χ1n) is 4.91. The molecule has 1 amide bonds. The summed E-state index contributed by atoms with van der Waals surface area (Å²) in [5.41, 5.74) is 0. The number of hydrogen-bond acceptors (Lipinski definition) is 7. The maximum Gasteiger partial charge on any atom is 0.248 e. The number of aliphatic hydroxyl groups is 3. The van der Waals surface area contributed by atoms with Gasteiger partial charge in [0.2, 0.25) is 12.4 Å². The highest BCUT2D eigenvalue weighted by Crippen LogP contribution is 2.28. The number of aromatic nitrogens is 3. The Morgan fingerprint density at radius 3 is 2.88 bits per heavy atom. The van der Waals surface area contributed by atoms with Crippen LogP contribution in [0.3, 0.4) is 0 Å². The minimum absolute atomic E-state index is 0.0535. The van der Waals surface area contributed by atoms with Gasteiger partial charge >= 0.3 is 0 Å². The van der Waals surface area contributed by atoms with Crippen LogP contribution in [0.1, 0.15) is 6.23 Å². The molecule has 1 aromatic heterocycles. The van der Waals surface area contributed by atoms with E-state index in [-0.39, 0.29) is 5.95 Å². The molecule has 1 aromatic rings. The van der Waals surface area contributed by atoms with E-state index in [1.54, 1.807) is 0 Å². The smallest absolute Gasteiger partial charge is 0.248 e. The Bertz CT molecular complexity index is 397. The van der Waals surface area contributed by atoms with Gasteiger partial charge in [-0.05, 0) is 0 Å². The van der Waals surface area contributed by atoms with E-state index in [0.717, 1.165) is 4.68 Å². The predicted molar refractivity (Wildman–Crippen MR) is 52.7 cm³/mol. The number of nitrogens with zero attached hydrogens (tertiary/aromatic N) is 3. The minimum Gasteiger partial charge on any atom is -0.394 e. The van der Waals surface area contributed by atoms with E-state index in [1.807, 2.05) is 0 Å². The second kappa shape index (κ2) is 4.75. The maximum atomic E-state index is 10.2. The Balaban J connectivity index is 2.14. The van der Waals surface area contributed by atoms with Crippen molar-refractivity contribution in [2.75, 3.05) is 11.9 Å². The molecule has 0 bridgehead atoms. The van der Waals surface area contributed by atoms with Gasteiger partial charge in [0.1, 0.15) is 24.6 Å². The van der Waals surface area contributed by atoms with Crippen molar-refractivity contribution in [1.29, 1.82) is 0 Å². The van der Waals surface area contributed by atoms with Gasteiger partial charge in [-0.1, -0.05) is 0 Å². The molecule has 0 aromatic carbocycles. The van der Waals surface area contributed by atoms with Crippen molar-refractivity contribution in [1.82, 2.24) is 14.8 Å². The average molecular weight is 244 g/mol. The number of aliphatic hydroxyl groups excluding tert-OH is 3. The molecule has 2 heterocycles. The van der Waals surface area contributed by atoms with Crippen LogP contribution in [0.15, 0.2) is 6.33 Å². The molecule has 17 heavy (non-hydrogen) atoms. The zero-order valence-electron chi connectivity index (χ0n) is 8.67. The SMILES string of the molecule is O=CNc1ncn([C@@H]2O[C@@H](CO)[C@H](O)[C@@H]2O)n1. The topological polar surface area (TPSA) is 130 Å². The third kappa shape index (κ3) is 2.13. The fourth-order valence-electron chi connectivity index (χ4n) is 1.61. The molecule has 1 fully saturated rings. The van der Waals surface area contributed by atoms with Crippen molar-refractivity contribution >= 4 is 12.4 Å². The lowest BCUT2D eigenvalue weighted by Gasteiger charge is -2.13. The molecule has 0 saturated carbocycles. The molecule has 1 saturated heterocycles. The molecule has 4 atom stereocenters. The maximum absolute atomic E-state index is 10.2. The van der Waals surface area contributed by atoms with Crippen LogP contribution in [-0.2, 0) is 9.53 Å². The van der Waals surface area contributed by atoms with Gasteiger partial charge in [-0.25, -0.2) is 9.67 Å². The van der Waals surface area contributed by atoms with Crippen molar-refractivity contribution in [3.8, 4) is 0 Å². The first-order chi connectivity index (χ1) is 8.17. The summed E-state index contributed by atoms with van der Waals surface area (Å²) in [5.74, 6) is 0.0535. The molecule has 9 heteroatoms. The van der Waals surface area contributed by atoms with E-state index in [0.29, 0.717) is 6.41 Å². The van der Waals surface area contributed by atoms with Gasteiger partial charge in [0.15, 0.2) is 6.23 Å². The number of carbonyl (C=O) groups excluding carboxylic acids is 1. The molecule has 0 spiro atoms. The van der Waals surface area contributed by atoms with Crippen LogP contribution < -0.4 is 5.32 Å². The number of nitrogens with one attached hydrogen (secondary N) is 1. The Labute approximate surface area is 95.6 Å². The van der Waals surface area contributed by atoms with Gasteiger partial charge in [0, 0.05) is 0 Å². The van der Waals surface area contributed by atoms with Gasteiger partial charge in [-0.15, -0.1) is 5.10 Å².